The maximum atomic E-state index is 13.3. The van der Waals surface area contributed by atoms with Gasteiger partial charge in [-0.2, -0.15) is 5.10 Å². The zero-order valence-corrected chi connectivity index (χ0v) is 16.2. The molecule has 1 saturated heterocycles. The lowest BCUT2D eigenvalue weighted by molar-refractivity contribution is -0.120. The topological polar surface area (TPSA) is 59.4 Å². The zero-order chi connectivity index (χ0) is 19.4. The number of nitrogens with zero attached hydrogens (tertiary/aromatic N) is 3. The van der Waals surface area contributed by atoms with Gasteiger partial charge in [0.15, 0.2) is 0 Å². The fraction of sp³-hybridized carbons (Fsp3) is 0.500. The van der Waals surface area contributed by atoms with Crippen molar-refractivity contribution in [2.75, 3.05) is 32.8 Å². The Bertz CT molecular complexity index is 782. The molecule has 1 aliphatic heterocycles. The van der Waals surface area contributed by atoms with Crippen molar-refractivity contribution in [3.63, 3.8) is 0 Å². The fourth-order valence-electron chi connectivity index (χ4n) is 3.54. The van der Waals surface area contributed by atoms with Crippen molar-refractivity contribution >= 4 is 5.91 Å². The third-order valence-electron chi connectivity index (χ3n) is 5.23. The van der Waals surface area contributed by atoms with Gasteiger partial charge in [0.2, 0.25) is 5.91 Å². The van der Waals surface area contributed by atoms with Crippen molar-refractivity contribution < 1.29 is 13.9 Å². The molecule has 0 radical (unpaired) electrons. The Morgan fingerprint density at radius 2 is 1.93 bits per heavy atom. The van der Waals surface area contributed by atoms with Gasteiger partial charge in [-0.05, 0) is 31.5 Å². The van der Waals surface area contributed by atoms with Crippen LogP contribution < -0.4 is 5.32 Å². The average molecular weight is 374 g/mol. The van der Waals surface area contributed by atoms with Gasteiger partial charge < -0.3 is 10.1 Å². The summed E-state index contributed by atoms with van der Waals surface area (Å²) in [7, 11) is 1.88. The van der Waals surface area contributed by atoms with Crippen LogP contribution >= 0.6 is 0 Å². The Labute approximate surface area is 159 Å². The number of carbonyl (C=O) groups is 1. The van der Waals surface area contributed by atoms with E-state index in [0.29, 0.717) is 26.2 Å². The van der Waals surface area contributed by atoms with Crippen LogP contribution in [0, 0.1) is 19.7 Å². The molecule has 0 unspecified atom stereocenters. The van der Waals surface area contributed by atoms with E-state index in [1.54, 1.807) is 16.8 Å². The second kappa shape index (κ2) is 8.63. The Balaban J connectivity index is 1.68. The van der Waals surface area contributed by atoms with E-state index >= 15 is 0 Å². The van der Waals surface area contributed by atoms with E-state index in [1.807, 2.05) is 20.9 Å². The lowest BCUT2D eigenvalue weighted by atomic mass is 10.0. The van der Waals surface area contributed by atoms with Crippen LogP contribution in [0.15, 0.2) is 24.3 Å². The number of hydrogen-bond acceptors (Lipinski definition) is 4. The first-order valence-corrected chi connectivity index (χ1v) is 9.28. The SMILES string of the molecule is Cc1nn(C)c(C)c1CC(=O)NC[C@@H](c1ccc(F)cc1)N1CCOCC1. The molecule has 1 amide bonds. The Morgan fingerprint density at radius 3 is 2.52 bits per heavy atom. The number of ether oxygens (including phenoxy) is 1. The number of carbonyl (C=O) groups excluding carboxylic acids is 1. The average Bonchev–Trinajstić information content (AvgIpc) is 2.90. The molecule has 7 heteroatoms. The van der Waals surface area contributed by atoms with Gasteiger partial charge in [0, 0.05) is 37.9 Å². The first-order chi connectivity index (χ1) is 13.0. The summed E-state index contributed by atoms with van der Waals surface area (Å²) in [5.74, 6) is -0.291. The summed E-state index contributed by atoms with van der Waals surface area (Å²) >= 11 is 0. The highest BCUT2D eigenvalue weighted by Crippen LogP contribution is 2.22. The minimum absolute atomic E-state index is 0.00505. The molecule has 1 aromatic carbocycles. The van der Waals surface area contributed by atoms with Crippen molar-refractivity contribution in [3.8, 4) is 0 Å². The Kier molecular flexibility index (Phi) is 6.23. The predicted molar refractivity (Wildman–Crippen MR) is 101 cm³/mol. The molecule has 1 atom stereocenters. The number of hydrogen-bond donors (Lipinski definition) is 1. The van der Waals surface area contributed by atoms with Crippen LogP contribution in [0.5, 0.6) is 0 Å². The van der Waals surface area contributed by atoms with Crippen LogP contribution in [0.25, 0.3) is 0 Å². The van der Waals surface area contributed by atoms with Crippen LogP contribution in [-0.2, 0) is 23.0 Å². The van der Waals surface area contributed by atoms with Gasteiger partial charge in [0.05, 0.1) is 31.4 Å². The van der Waals surface area contributed by atoms with Gasteiger partial charge in [-0.25, -0.2) is 4.39 Å². The molecule has 1 fully saturated rings. The quantitative estimate of drug-likeness (QED) is 0.839. The number of amides is 1. The van der Waals surface area contributed by atoms with Crippen molar-refractivity contribution in [2.24, 2.45) is 7.05 Å². The van der Waals surface area contributed by atoms with Crippen molar-refractivity contribution in [2.45, 2.75) is 26.3 Å². The standard InChI is InChI=1S/C20H27FN4O2/c1-14-18(15(2)24(3)23-14)12-20(26)22-13-19(25-8-10-27-11-9-25)16-4-6-17(21)7-5-16/h4-7,19H,8-13H2,1-3H3,(H,22,26)/t19-/m0/s1. The normalized spacial score (nSPS) is 16.3. The third kappa shape index (κ3) is 4.73. The first-order valence-electron chi connectivity index (χ1n) is 9.28. The van der Waals surface area contributed by atoms with Gasteiger partial charge in [0.25, 0.3) is 0 Å². The molecule has 1 aromatic heterocycles. The van der Waals surface area contributed by atoms with Crippen LogP contribution in [-0.4, -0.2) is 53.4 Å². The van der Waals surface area contributed by atoms with E-state index in [4.69, 9.17) is 4.74 Å². The van der Waals surface area contributed by atoms with E-state index < -0.39 is 0 Å². The van der Waals surface area contributed by atoms with Crippen molar-refractivity contribution in [3.05, 3.63) is 52.6 Å². The number of benzene rings is 1. The molecule has 0 saturated carbocycles. The van der Waals surface area contributed by atoms with Gasteiger partial charge in [0.1, 0.15) is 5.82 Å². The van der Waals surface area contributed by atoms with Gasteiger partial charge in [-0.15, -0.1) is 0 Å². The predicted octanol–water partition coefficient (Wildman–Crippen LogP) is 1.91. The minimum Gasteiger partial charge on any atom is -0.379 e. The Hall–Kier alpha value is -2.25. The third-order valence-corrected chi connectivity index (χ3v) is 5.23. The highest BCUT2D eigenvalue weighted by Gasteiger charge is 2.23. The summed E-state index contributed by atoms with van der Waals surface area (Å²) in [4.78, 5) is 14.8. The van der Waals surface area contributed by atoms with Gasteiger partial charge in [-0.3, -0.25) is 14.4 Å². The molecule has 2 heterocycles. The molecule has 0 spiro atoms. The summed E-state index contributed by atoms with van der Waals surface area (Å²) in [6, 6.07) is 6.50. The summed E-state index contributed by atoms with van der Waals surface area (Å²) in [5.41, 5.74) is 3.85. The minimum atomic E-state index is -0.258. The van der Waals surface area contributed by atoms with Crippen LogP contribution in [0.1, 0.15) is 28.6 Å². The van der Waals surface area contributed by atoms with E-state index in [0.717, 1.165) is 35.6 Å². The molecule has 0 aliphatic carbocycles. The lowest BCUT2D eigenvalue weighted by Crippen LogP contribution is -2.44. The largest absolute Gasteiger partial charge is 0.379 e. The monoisotopic (exact) mass is 374 g/mol. The molecular formula is C20H27FN4O2. The second-order valence-electron chi connectivity index (χ2n) is 6.97. The van der Waals surface area contributed by atoms with E-state index in [2.05, 4.69) is 15.3 Å². The van der Waals surface area contributed by atoms with Crippen LogP contribution in [0.2, 0.25) is 0 Å². The van der Waals surface area contributed by atoms with Crippen molar-refractivity contribution in [1.82, 2.24) is 20.0 Å². The van der Waals surface area contributed by atoms with Gasteiger partial charge >= 0.3 is 0 Å². The zero-order valence-electron chi connectivity index (χ0n) is 16.2. The van der Waals surface area contributed by atoms with Crippen molar-refractivity contribution in [1.29, 1.82) is 0 Å². The molecular weight excluding hydrogens is 347 g/mol. The van der Waals surface area contributed by atoms with E-state index in [9.17, 15) is 9.18 Å². The van der Waals surface area contributed by atoms with Crippen LogP contribution in [0.3, 0.4) is 0 Å². The molecule has 2 aromatic rings. The molecule has 146 valence electrons. The highest BCUT2D eigenvalue weighted by atomic mass is 19.1. The number of aryl methyl sites for hydroxylation is 2. The molecule has 27 heavy (non-hydrogen) atoms. The second-order valence-corrected chi connectivity index (χ2v) is 6.97. The maximum Gasteiger partial charge on any atom is 0.224 e. The fourth-order valence-corrected chi connectivity index (χ4v) is 3.54. The van der Waals surface area contributed by atoms with Crippen LogP contribution in [0.4, 0.5) is 4.39 Å². The number of halogens is 1. The highest BCUT2D eigenvalue weighted by molar-refractivity contribution is 5.79. The smallest absolute Gasteiger partial charge is 0.224 e. The number of morpholine rings is 1. The lowest BCUT2D eigenvalue weighted by Gasteiger charge is -2.35. The van der Waals surface area contributed by atoms with E-state index in [-0.39, 0.29) is 17.8 Å². The summed E-state index contributed by atoms with van der Waals surface area (Å²) in [6.45, 7) is 7.28. The number of rotatable bonds is 6. The first kappa shape index (κ1) is 19.5. The summed E-state index contributed by atoms with van der Waals surface area (Å²) in [5, 5.41) is 7.42. The summed E-state index contributed by atoms with van der Waals surface area (Å²) < 4.78 is 20.6. The van der Waals surface area contributed by atoms with Gasteiger partial charge in [-0.1, -0.05) is 12.1 Å². The molecule has 3 rings (SSSR count). The maximum absolute atomic E-state index is 13.3. The molecule has 1 aliphatic rings. The van der Waals surface area contributed by atoms with E-state index in [1.165, 1.54) is 12.1 Å². The summed E-state index contributed by atoms with van der Waals surface area (Å²) in [6.07, 6.45) is 0.310. The molecule has 6 nitrogen and oxygen atoms in total. The number of aromatic nitrogens is 2. The number of nitrogens with one attached hydrogen (secondary N) is 1. The Morgan fingerprint density at radius 1 is 1.26 bits per heavy atom. The molecule has 1 N–H and O–H groups in total. The molecule has 0 bridgehead atoms.